The van der Waals surface area contributed by atoms with Crippen LogP contribution in [0.3, 0.4) is 0 Å². The zero-order chi connectivity index (χ0) is 13.2. The van der Waals surface area contributed by atoms with E-state index in [0.29, 0.717) is 6.54 Å². The minimum Gasteiger partial charge on any atom is -0.361 e. The molecule has 0 unspecified atom stereocenters. The molecule has 0 radical (unpaired) electrons. The van der Waals surface area contributed by atoms with Crippen molar-refractivity contribution in [1.82, 2.24) is 4.98 Å². The summed E-state index contributed by atoms with van der Waals surface area (Å²) in [5.74, 6) is 0. The highest BCUT2D eigenvalue weighted by Crippen LogP contribution is 2.26. The van der Waals surface area contributed by atoms with E-state index in [9.17, 15) is 0 Å². The van der Waals surface area contributed by atoms with Crippen LogP contribution in [0.1, 0.15) is 11.1 Å². The Morgan fingerprint density at radius 1 is 1.05 bits per heavy atom. The van der Waals surface area contributed by atoms with Crippen molar-refractivity contribution in [3.05, 3.63) is 59.8 Å². The maximum Gasteiger partial charge on any atom is 0.0463 e. The topological polar surface area (TPSA) is 41.8 Å². The molecule has 0 fully saturated rings. The lowest BCUT2D eigenvalue weighted by Crippen LogP contribution is -2.01. The number of aryl methyl sites for hydroxylation is 1. The SMILES string of the molecule is Cc1cccc(-c2ccc3c(CCN)c[nH]c3c2)c1. The van der Waals surface area contributed by atoms with Crippen molar-refractivity contribution >= 4 is 10.9 Å². The van der Waals surface area contributed by atoms with Crippen molar-refractivity contribution in [1.29, 1.82) is 0 Å². The van der Waals surface area contributed by atoms with Gasteiger partial charge in [0, 0.05) is 17.1 Å². The van der Waals surface area contributed by atoms with Gasteiger partial charge in [-0.3, -0.25) is 0 Å². The second-order valence-corrected chi connectivity index (χ2v) is 4.98. The maximum atomic E-state index is 5.63. The Morgan fingerprint density at radius 3 is 2.68 bits per heavy atom. The maximum absolute atomic E-state index is 5.63. The number of nitrogens with one attached hydrogen (secondary N) is 1. The van der Waals surface area contributed by atoms with Crippen LogP contribution >= 0.6 is 0 Å². The fourth-order valence-electron chi connectivity index (χ4n) is 2.55. The van der Waals surface area contributed by atoms with Crippen LogP contribution in [-0.2, 0) is 6.42 Å². The Kier molecular flexibility index (Phi) is 3.10. The van der Waals surface area contributed by atoms with E-state index in [-0.39, 0.29) is 0 Å². The molecule has 3 N–H and O–H groups in total. The second kappa shape index (κ2) is 4.90. The Hall–Kier alpha value is -2.06. The van der Waals surface area contributed by atoms with E-state index in [2.05, 4.69) is 60.6 Å². The van der Waals surface area contributed by atoms with Gasteiger partial charge in [-0.2, -0.15) is 0 Å². The first kappa shape index (κ1) is 12.0. The van der Waals surface area contributed by atoms with Gasteiger partial charge in [0.1, 0.15) is 0 Å². The molecule has 2 nitrogen and oxygen atoms in total. The van der Waals surface area contributed by atoms with E-state index < -0.39 is 0 Å². The standard InChI is InChI=1S/C17H18N2/c1-12-3-2-4-13(9-12)14-5-6-16-15(7-8-18)11-19-17(16)10-14/h2-6,9-11,19H,7-8,18H2,1H3. The fourth-order valence-corrected chi connectivity index (χ4v) is 2.55. The van der Waals surface area contributed by atoms with Crippen LogP contribution < -0.4 is 5.73 Å². The van der Waals surface area contributed by atoms with Crippen LogP contribution in [0.4, 0.5) is 0 Å². The Bertz CT molecular complexity index is 710. The molecule has 19 heavy (non-hydrogen) atoms. The van der Waals surface area contributed by atoms with Crippen LogP contribution in [0.25, 0.3) is 22.0 Å². The summed E-state index contributed by atoms with van der Waals surface area (Å²) >= 11 is 0. The lowest BCUT2D eigenvalue weighted by molar-refractivity contribution is 0.976. The van der Waals surface area contributed by atoms with Gasteiger partial charge in [0.15, 0.2) is 0 Å². The minimum absolute atomic E-state index is 0.687. The molecule has 0 saturated heterocycles. The first-order valence-electron chi connectivity index (χ1n) is 6.65. The van der Waals surface area contributed by atoms with Crippen LogP contribution in [0, 0.1) is 6.92 Å². The van der Waals surface area contributed by atoms with Crippen molar-refractivity contribution in [2.45, 2.75) is 13.3 Å². The highest BCUT2D eigenvalue weighted by Gasteiger charge is 2.05. The summed E-state index contributed by atoms with van der Waals surface area (Å²) in [6, 6.07) is 15.2. The molecule has 96 valence electrons. The predicted molar refractivity (Wildman–Crippen MR) is 81.2 cm³/mol. The van der Waals surface area contributed by atoms with E-state index in [1.807, 2.05) is 0 Å². The Balaban J connectivity index is 2.07. The highest BCUT2D eigenvalue weighted by atomic mass is 14.7. The lowest BCUT2D eigenvalue weighted by atomic mass is 10.0. The largest absolute Gasteiger partial charge is 0.361 e. The number of benzene rings is 2. The average molecular weight is 250 g/mol. The van der Waals surface area contributed by atoms with E-state index >= 15 is 0 Å². The first-order valence-corrected chi connectivity index (χ1v) is 6.65. The third kappa shape index (κ3) is 2.27. The molecule has 3 aromatic rings. The summed E-state index contributed by atoms with van der Waals surface area (Å²) in [5, 5.41) is 1.28. The molecule has 0 atom stereocenters. The van der Waals surface area contributed by atoms with Gasteiger partial charge in [0.25, 0.3) is 0 Å². The quantitative estimate of drug-likeness (QED) is 0.732. The molecule has 2 aromatic carbocycles. The van der Waals surface area contributed by atoms with Crippen molar-refractivity contribution in [3.63, 3.8) is 0 Å². The molecule has 0 bridgehead atoms. The molecular weight excluding hydrogens is 232 g/mol. The van der Waals surface area contributed by atoms with Crippen LogP contribution in [-0.4, -0.2) is 11.5 Å². The van der Waals surface area contributed by atoms with Gasteiger partial charge < -0.3 is 10.7 Å². The highest BCUT2D eigenvalue weighted by molar-refractivity contribution is 5.87. The van der Waals surface area contributed by atoms with Crippen molar-refractivity contribution in [3.8, 4) is 11.1 Å². The molecule has 0 aliphatic rings. The van der Waals surface area contributed by atoms with E-state index in [0.717, 1.165) is 6.42 Å². The van der Waals surface area contributed by atoms with Gasteiger partial charge >= 0.3 is 0 Å². The number of nitrogens with two attached hydrogens (primary N) is 1. The van der Waals surface area contributed by atoms with Gasteiger partial charge in [-0.05, 0) is 42.6 Å². The normalized spacial score (nSPS) is 11.1. The van der Waals surface area contributed by atoms with Crippen LogP contribution in [0.5, 0.6) is 0 Å². The zero-order valence-corrected chi connectivity index (χ0v) is 11.1. The summed E-state index contributed by atoms with van der Waals surface area (Å²) < 4.78 is 0. The van der Waals surface area contributed by atoms with Gasteiger partial charge in [0.2, 0.25) is 0 Å². The Morgan fingerprint density at radius 2 is 1.89 bits per heavy atom. The van der Waals surface area contributed by atoms with Crippen molar-refractivity contribution in [2.24, 2.45) is 5.73 Å². The van der Waals surface area contributed by atoms with Crippen molar-refractivity contribution in [2.75, 3.05) is 6.54 Å². The molecule has 2 heteroatoms. The number of rotatable bonds is 3. The molecule has 3 rings (SSSR count). The fraction of sp³-hybridized carbons (Fsp3) is 0.176. The third-order valence-corrected chi connectivity index (χ3v) is 3.53. The first-order chi connectivity index (χ1) is 9.28. The van der Waals surface area contributed by atoms with Gasteiger partial charge in [-0.15, -0.1) is 0 Å². The zero-order valence-electron chi connectivity index (χ0n) is 11.1. The average Bonchev–Trinajstić information content (AvgIpc) is 2.82. The van der Waals surface area contributed by atoms with E-state index in [4.69, 9.17) is 5.73 Å². The van der Waals surface area contributed by atoms with Crippen molar-refractivity contribution < 1.29 is 0 Å². The summed E-state index contributed by atoms with van der Waals surface area (Å²) in [7, 11) is 0. The summed E-state index contributed by atoms with van der Waals surface area (Å²) in [5.41, 5.74) is 11.9. The second-order valence-electron chi connectivity index (χ2n) is 4.98. The summed E-state index contributed by atoms with van der Waals surface area (Å²) in [6.45, 7) is 2.81. The molecule has 0 aliphatic heterocycles. The number of hydrogen-bond acceptors (Lipinski definition) is 1. The minimum atomic E-state index is 0.687. The molecule has 0 spiro atoms. The van der Waals surface area contributed by atoms with E-state index in [1.54, 1.807) is 0 Å². The number of H-pyrrole nitrogens is 1. The van der Waals surface area contributed by atoms with Crippen LogP contribution in [0.15, 0.2) is 48.7 Å². The smallest absolute Gasteiger partial charge is 0.0463 e. The Labute approximate surface area is 113 Å². The van der Waals surface area contributed by atoms with Crippen LogP contribution in [0.2, 0.25) is 0 Å². The molecule has 0 aliphatic carbocycles. The molecular formula is C17H18N2. The van der Waals surface area contributed by atoms with Gasteiger partial charge in [0.05, 0.1) is 0 Å². The number of aromatic amines is 1. The molecule has 1 heterocycles. The number of aromatic nitrogens is 1. The van der Waals surface area contributed by atoms with Gasteiger partial charge in [-0.25, -0.2) is 0 Å². The third-order valence-electron chi connectivity index (χ3n) is 3.53. The molecule has 0 amide bonds. The monoisotopic (exact) mass is 250 g/mol. The number of fused-ring (bicyclic) bond motifs is 1. The summed E-state index contributed by atoms with van der Waals surface area (Å²) in [4.78, 5) is 3.34. The van der Waals surface area contributed by atoms with E-state index in [1.165, 1.54) is 33.2 Å². The lowest BCUT2D eigenvalue weighted by Gasteiger charge is -2.04. The predicted octanol–water partition coefficient (Wildman–Crippen LogP) is 3.64. The number of hydrogen-bond donors (Lipinski definition) is 2. The molecule has 0 saturated carbocycles. The van der Waals surface area contributed by atoms with Gasteiger partial charge in [-0.1, -0.05) is 42.0 Å². The molecule has 1 aromatic heterocycles. The summed E-state index contributed by atoms with van der Waals surface area (Å²) in [6.07, 6.45) is 2.99.